The van der Waals surface area contributed by atoms with Crippen LogP contribution in [0.4, 0.5) is 11.5 Å². The van der Waals surface area contributed by atoms with Crippen molar-refractivity contribution in [2.24, 2.45) is 0 Å². The Morgan fingerprint density at radius 1 is 1.00 bits per heavy atom. The summed E-state index contributed by atoms with van der Waals surface area (Å²) in [5.41, 5.74) is 2.86. The van der Waals surface area contributed by atoms with Crippen LogP contribution in [0.15, 0.2) is 65.6 Å². The van der Waals surface area contributed by atoms with Gasteiger partial charge in [0.25, 0.3) is 5.91 Å². The number of nitrogens with one attached hydrogen (secondary N) is 3. The molecule has 0 saturated heterocycles. The molecule has 0 radical (unpaired) electrons. The zero-order valence-electron chi connectivity index (χ0n) is 20.4. The van der Waals surface area contributed by atoms with Crippen molar-refractivity contribution >= 4 is 38.2 Å². The molecule has 0 aliphatic rings. The van der Waals surface area contributed by atoms with Crippen molar-refractivity contribution in [3.8, 4) is 17.0 Å². The van der Waals surface area contributed by atoms with E-state index in [2.05, 4.69) is 25.6 Å². The minimum absolute atomic E-state index is 0.204. The van der Waals surface area contributed by atoms with Crippen LogP contribution in [-0.4, -0.2) is 45.2 Å². The monoisotopic (exact) mass is 505 g/mol. The second-order valence-corrected chi connectivity index (χ2v) is 9.78. The van der Waals surface area contributed by atoms with Crippen molar-refractivity contribution in [1.29, 1.82) is 0 Å². The predicted molar refractivity (Wildman–Crippen MR) is 140 cm³/mol. The number of amides is 1. The highest BCUT2D eigenvalue weighted by Gasteiger charge is 2.19. The van der Waals surface area contributed by atoms with E-state index in [-0.39, 0.29) is 10.8 Å². The van der Waals surface area contributed by atoms with Gasteiger partial charge < -0.3 is 15.4 Å². The number of aromatic nitrogens is 2. The van der Waals surface area contributed by atoms with Gasteiger partial charge in [0.2, 0.25) is 10.0 Å². The van der Waals surface area contributed by atoms with Crippen molar-refractivity contribution in [3.05, 3.63) is 71.8 Å². The number of rotatable bonds is 8. The third-order valence-corrected chi connectivity index (χ3v) is 7.39. The first-order valence-corrected chi connectivity index (χ1v) is 12.8. The maximum absolute atomic E-state index is 12.7. The molecule has 0 atom stereocenters. The molecule has 1 amide bonds. The molecule has 9 nitrogen and oxygen atoms in total. The lowest BCUT2D eigenvalue weighted by Crippen LogP contribution is -2.24. The van der Waals surface area contributed by atoms with Gasteiger partial charge >= 0.3 is 0 Å². The Morgan fingerprint density at radius 2 is 1.75 bits per heavy atom. The van der Waals surface area contributed by atoms with Gasteiger partial charge in [0.05, 0.1) is 17.6 Å². The van der Waals surface area contributed by atoms with Gasteiger partial charge in [-0.2, -0.15) is 0 Å². The van der Waals surface area contributed by atoms with Gasteiger partial charge in [-0.25, -0.2) is 13.1 Å². The predicted octanol–water partition coefficient (Wildman–Crippen LogP) is 4.02. The second-order valence-electron chi connectivity index (χ2n) is 8.04. The van der Waals surface area contributed by atoms with Crippen LogP contribution in [0, 0.1) is 6.92 Å². The van der Waals surface area contributed by atoms with Gasteiger partial charge in [0.1, 0.15) is 11.4 Å². The number of ether oxygens (including phenoxy) is 1. The highest BCUT2D eigenvalue weighted by molar-refractivity contribution is 7.89. The van der Waals surface area contributed by atoms with Crippen LogP contribution in [0.3, 0.4) is 0 Å². The number of aryl methyl sites for hydroxylation is 1. The molecule has 1 aromatic heterocycles. The zero-order valence-corrected chi connectivity index (χ0v) is 21.2. The fraction of sp³-hybridized carbons (Fsp3) is 0.192. The van der Waals surface area contributed by atoms with Gasteiger partial charge in [-0.15, -0.1) is 10.2 Å². The van der Waals surface area contributed by atoms with E-state index >= 15 is 0 Å². The minimum Gasteiger partial charge on any atom is -0.496 e. The van der Waals surface area contributed by atoms with E-state index in [1.54, 1.807) is 51.2 Å². The van der Waals surface area contributed by atoms with E-state index in [0.29, 0.717) is 46.2 Å². The average molecular weight is 506 g/mol. The molecule has 0 bridgehead atoms. The molecule has 0 fully saturated rings. The number of anilines is 2. The number of carbonyl (C=O) groups is 1. The Balaban J connectivity index is 1.79. The quantitative estimate of drug-likeness (QED) is 0.331. The molecule has 0 spiro atoms. The van der Waals surface area contributed by atoms with Crippen LogP contribution in [0.1, 0.15) is 22.8 Å². The molecule has 0 aliphatic heterocycles. The topological polar surface area (TPSA) is 122 Å². The molecular formula is C26H27N5O4S. The molecule has 0 unspecified atom stereocenters. The number of nitrogens with zero attached hydrogens (tertiary/aromatic N) is 2. The standard InChI is InChI=1S/C26H27N5O4S/c1-5-28-36(33,34)23-14-17(11-10-16(23)2)24-19-8-6-7-9-20(19)25(31-30-24)29-18-12-13-22(35-4)21(15-18)26(32)27-3/h6-15,28H,5H2,1-4H3,(H,27,32)(H,29,31). The van der Waals surface area contributed by atoms with E-state index in [0.717, 1.165) is 10.8 Å². The Hall–Kier alpha value is -4.02. The first-order chi connectivity index (χ1) is 17.3. The van der Waals surface area contributed by atoms with Gasteiger partial charge in [0.15, 0.2) is 5.82 Å². The smallest absolute Gasteiger partial charge is 0.254 e. The minimum atomic E-state index is -3.65. The summed E-state index contributed by atoms with van der Waals surface area (Å²) in [5, 5.41) is 16.3. The molecule has 0 saturated carbocycles. The SMILES string of the molecule is CCNS(=O)(=O)c1cc(-c2nnc(Nc3ccc(OC)c(C(=O)NC)c3)c3ccccc23)ccc1C. The summed E-state index contributed by atoms with van der Waals surface area (Å²) in [4.78, 5) is 12.5. The largest absolute Gasteiger partial charge is 0.496 e. The number of sulfonamides is 1. The fourth-order valence-electron chi connectivity index (χ4n) is 3.95. The van der Waals surface area contributed by atoms with Gasteiger partial charge in [0, 0.05) is 35.6 Å². The second kappa shape index (κ2) is 10.3. The van der Waals surface area contributed by atoms with Crippen LogP contribution in [0.5, 0.6) is 5.75 Å². The maximum atomic E-state index is 12.7. The summed E-state index contributed by atoms with van der Waals surface area (Å²) >= 11 is 0. The van der Waals surface area contributed by atoms with Crippen molar-refractivity contribution in [2.45, 2.75) is 18.7 Å². The summed E-state index contributed by atoms with van der Waals surface area (Å²) in [6.45, 7) is 3.79. The van der Waals surface area contributed by atoms with Crippen molar-refractivity contribution < 1.29 is 17.9 Å². The van der Waals surface area contributed by atoms with Crippen LogP contribution in [-0.2, 0) is 10.0 Å². The van der Waals surface area contributed by atoms with E-state index in [4.69, 9.17) is 4.74 Å². The van der Waals surface area contributed by atoms with Gasteiger partial charge in [-0.05, 0) is 36.8 Å². The van der Waals surface area contributed by atoms with Gasteiger partial charge in [-0.3, -0.25) is 4.79 Å². The molecule has 36 heavy (non-hydrogen) atoms. The maximum Gasteiger partial charge on any atom is 0.254 e. The summed E-state index contributed by atoms with van der Waals surface area (Å²) in [5.74, 6) is 0.674. The van der Waals surface area contributed by atoms with Gasteiger partial charge in [-0.1, -0.05) is 43.3 Å². The lowest BCUT2D eigenvalue weighted by Gasteiger charge is -2.14. The highest BCUT2D eigenvalue weighted by Crippen LogP contribution is 2.33. The van der Waals surface area contributed by atoms with Crippen molar-refractivity contribution in [2.75, 3.05) is 26.0 Å². The first kappa shape index (κ1) is 25.1. The zero-order chi connectivity index (χ0) is 25.9. The number of benzene rings is 3. The first-order valence-electron chi connectivity index (χ1n) is 11.3. The van der Waals surface area contributed by atoms with Crippen LogP contribution >= 0.6 is 0 Å². The fourth-order valence-corrected chi connectivity index (χ4v) is 5.26. The van der Waals surface area contributed by atoms with Crippen molar-refractivity contribution in [3.63, 3.8) is 0 Å². The molecule has 0 aliphatic carbocycles. The number of fused-ring (bicyclic) bond motifs is 1. The Kier molecular flexibility index (Phi) is 7.18. The normalized spacial score (nSPS) is 11.3. The number of carbonyl (C=O) groups excluding carboxylic acids is 1. The summed E-state index contributed by atoms with van der Waals surface area (Å²) < 4.78 is 33.3. The van der Waals surface area contributed by atoms with E-state index in [1.165, 1.54) is 7.11 Å². The molecule has 4 aromatic rings. The molecule has 3 N–H and O–H groups in total. The highest BCUT2D eigenvalue weighted by atomic mass is 32.2. The number of hydrogen-bond donors (Lipinski definition) is 3. The molecule has 3 aromatic carbocycles. The van der Waals surface area contributed by atoms with E-state index < -0.39 is 10.0 Å². The summed E-state index contributed by atoms with van der Waals surface area (Å²) in [6.07, 6.45) is 0. The average Bonchev–Trinajstić information content (AvgIpc) is 2.88. The third-order valence-electron chi connectivity index (χ3n) is 5.71. The van der Waals surface area contributed by atoms with E-state index in [9.17, 15) is 13.2 Å². The van der Waals surface area contributed by atoms with Crippen LogP contribution < -0.4 is 20.1 Å². The number of methoxy groups -OCH3 is 1. The third kappa shape index (κ3) is 4.86. The van der Waals surface area contributed by atoms with E-state index in [1.807, 2.05) is 30.3 Å². The number of hydrogen-bond acceptors (Lipinski definition) is 7. The lowest BCUT2D eigenvalue weighted by atomic mass is 10.0. The Labute approximate surface area is 210 Å². The molecule has 1 heterocycles. The molecule has 186 valence electrons. The summed E-state index contributed by atoms with van der Waals surface area (Å²) in [7, 11) is -0.584. The lowest BCUT2D eigenvalue weighted by molar-refractivity contribution is 0.0960. The molecular weight excluding hydrogens is 478 g/mol. The Bertz CT molecular complexity index is 1550. The Morgan fingerprint density at radius 3 is 2.44 bits per heavy atom. The van der Waals surface area contributed by atoms with Crippen molar-refractivity contribution in [1.82, 2.24) is 20.2 Å². The molecule has 4 rings (SSSR count). The van der Waals surface area contributed by atoms with Crippen LogP contribution in [0.2, 0.25) is 0 Å². The van der Waals surface area contributed by atoms with Crippen LogP contribution in [0.25, 0.3) is 22.0 Å². The summed E-state index contributed by atoms with van der Waals surface area (Å²) in [6, 6.07) is 18.0. The molecule has 10 heteroatoms.